The summed E-state index contributed by atoms with van der Waals surface area (Å²) in [4.78, 5) is 6.52. The monoisotopic (exact) mass is 320 g/mol. The Labute approximate surface area is 122 Å². The lowest BCUT2D eigenvalue weighted by molar-refractivity contribution is 0.414. The molecule has 0 N–H and O–H groups in total. The van der Waals surface area contributed by atoms with Crippen molar-refractivity contribution in [3.05, 3.63) is 52.6 Å². The zero-order chi connectivity index (χ0) is 13.7. The number of hydrogen-bond donors (Lipinski definition) is 0. The molecule has 2 aromatic rings. The van der Waals surface area contributed by atoms with Crippen molar-refractivity contribution in [2.75, 3.05) is 25.6 Å². The summed E-state index contributed by atoms with van der Waals surface area (Å²) in [6, 6.07) is 12.2. The second-order valence-electron chi connectivity index (χ2n) is 4.36. The Bertz CT molecular complexity index is 528. The van der Waals surface area contributed by atoms with Crippen LogP contribution in [0.5, 0.6) is 5.75 Å². The number of rotatable bonds is 5. The Morgan fingerprint density at radius 3 is 2.79 bits per heavy atom. The Morgan fingerprint density at radius 1 is 1.26 bits per heavy atom. The van der Waals surface area contributed by atoms with Crippen molar-refractivity contribution in [2.45, 2.75) is 6.42 Å². The SMILES string of the molecule is COc1cccc(CCN(C)c2ccc(Br)cn2)c1. The quantitative estimate of drug-likeness (QED) is 0.842. The summed E-state index contributed by atoms with van der Waals surface area (Å²) in [6.45, 7) is 0.918. The Balaban J connectivity index is 1.96. The lowest BCUT2D eigenvalue weighted by Crippen LogP contribution is -2.21. The van der Waals surface area contributed by atoms with Crippen LogP contribution >= 0.6 is 15.9 Å². The predicted molar refractivity (Wildman–Crippen MR) is 81.9 cm³/mol. The molecule has 1 aromatic carbocycles. The first-order valence-electron chi connectivity index (χ1n) is 6.14. The van der Waals surface area contributed by atoms with Crippen LogP contribution in [0.4, 0.5) is 5.82 Å². The van der Waals surface area contributed by atoms with E-state index in [-0.39, 0.29) is 0 Å². The summed E-state index contributed by atoms with van der Waals surface area (Å²) in [7, 11) is 3.74. The number of hydrogen-bond acceptors (Lipinski definition) is 3. The van der Waals surface area contributed by atoms with Crippen molar-refractivity contribution >= 4 is 21.7 Å². The van der Waals surface area contributed by atoms with E-state index in [9.17, 15) is 0 Å². The van der Waals surface area contributed by atoms with Crippen LogP contribution in [-0.4, -0.2) is 25.7 Å². The maximum atomic E-state index is 5.23. The van der Waals surface area contributed by atoms with E-state index in [1.807, 2.05) is 30.5 Å². The second kappa shape index (κ2) is 6.57. The molecule has 0 atom stereocenters. The van der Waals surface area contributed by atoms with Gasteiger partial charge in [0.15, 0.2) is 0 Å². The standard InChI is InChI=1S/C15H17BrN2O/c1-18(15-7-6-13(16)11-17-15)9-8-12-4-3-5-14(10-12)19-2/h3-7,10-11H,8-9H2,1-2H3. The van der Waals surface area contributed by atoms with Gasteiger partial charge in [0, 0.05) is 24.3 Å². The van der Waals surface area contributed by atoms with Crippen LogP contribution in [0, 0.1) is 0 Å². The molecule has 3 nitrogen and oxygen atoms in total. The van der Waals surface area contributed by atoms with Gasteiger partial charge >= 0.3 is 0 Å². The van der Waals surface area contributed by atoms with Crippen molar-refractivity contribution < 1.29 is 4.74 Å². The lowest BCUT2D eigenvalue weighted by Gasteiger charge is -2.18. The molecule has 0 aliphatic carbocycles. The molecule has 0 aliphatic heterocycles. The van der Waals surface area contributed by atoms with E-state index in [1.54, 1.807) is 7.11 Å². The third-order valence-electron chi connectivity index (χ3n) is 2.97. The van der Waals surface area contributed by atoms with Crippen molar-refractivity contribution in [3.63, 3.8) is 0 Å². The van der Waals surface area contributed by atoms with E-state index in [0.717, 1.165) is 29.0 Å². The largest absolute Gasteiger partial charge is 0.497 e. The highest BCUT2D eigenvalue weighted by molar-refractivity contribution is 9.10. The van der Waals surface area contributed by atoms with E-state index in [4.69, 9.17) is 4.74 Å². The smallest absolute Gasteiger partial charge is 0.128 e. The molecule has 4 heteroatoms. The van der Waals surface area contributed by atoms with E-state index < -0.39 is 0 Å². The van der Waals surface area contributed by atoms with Crippen LogP contribution in [0.25, 0.3) is 0 Å². The molecule has 1 heterocycles. The van der Waals surface area contributed by atoms with Gasteiger partial charge in [0.25, 0.3) is 0 Å². The zero-order valence-electron chi connectivity index (χ0n) is 11.1. The molecule has 2 rings (SSSR count). The summed E-state index contributed by atoms with van der Waals surface area (Å²) >= 11 is 3.39. The number of likely N-dealkylation sites (N-methyl/N-ethyl adjacent to an activating group) is 1. The fraction of sp³-hybridized carbons (Fsp3) is 0.267. The van der Waals surface area contributed by atoms with Gasteiger partial charge in [-0.15, -0.1) is 0 Å². The maximum absolute atomic E-state index is 5.23. The number of ether oxygens (including phenoxy) is 1. The highest BCUT2D eigenvalue weighted by atomic mass is 79.9. The number of anilines is 1. The van der Waals surface area contributed by atoms with Crippen LogP contribution < -0.4 is 9.64 Å². The van der Waals surface area contributed by atoms with Gasteiger partial charge in [-0.3, -0.25) is 0 Å². The van der Waals surface area contributed by atoms with E-state index in [1.165, 1.54) is 5.56 Å². The fourth-order valence-corrected chi connectivity index (χ4v) is 2.07. The molecular formula is C15H17BrN2O. The van der Waals surface area contributed by atoms with Crippen molar-refractivity contribution in [1.82, 2.24) is 4.98 Å². The summed E-state index contributed by atoms with van der Waals surface area (Å²) in [6.07, 6.45) is 2.78. The normalized spacial score (nSPS) is 10.3. The summed E-state index contributed by atoms with van der Waals surface area (Å²) in [5.74, 6) is 1.88. The minimum atomic E-state index is 0.905. The fourth-order valence-electron chi connectivity index (χ4n) is 1.83. The number of benzene rings is 1. The van der Waals surface area contributed by atoms with Crippen LogP contribution in [-0.2, 0) is 6.42 Å². The molecule has 0 amide bonds. The van der Waals surface area contributed by atoms with Gasteiger partial charge in [-0.2, -0.15) is 0 Å². The number of methoxy groups -OCH3 is 1. The molecule has 19 heavy (non-hydrogen) atoms. The van der Waals surface area contributed by atoms with Crippen LogP contribution in [0.1, 0.15) is 5.56 Å². The van der Waals surface area contributed by atoms with E-state index >= 15 is 0 Å². The zero-order valence-corrected chi connectivity index (χ0v) is 12.7. The molecular weight excluding hydrogens is 304 g/mol. The van der Waals surface area contributed by atoms with Gasteiger partial charge in [-0.1, -0.05) is 12.1 Å². The van der Waals surface area contributed by atoms with Crippen molar-refractivity contribution in [3.8, 4) is 5.75 Å². The topological polar surface area (TPSA) is 25.4 Å². The molecule has 0 aliphatic rings. The van der Waals surface area contributed by atoms with Gasteiger partial charge < -0.3 is 9.64 Å². The molecule has 100 valence electrons. The Morgan fingerprint density at radius 2 is 2.11 bits per heavy atom. The highest BCUT2D eigenvalue weighted by Crippen LogP contribution is 2.16. The minimum Gasteiger partial charge on any atom is -0.497 e. The number of pyridine rings is 1. The summed E-state index contributed by atoms with van der Waals surface area (Å²) in [5, 5.41) is 0. The molecule has 0 unspecified atom stereocenters. The molecule has 0 saturated heterocycles. The van der Waals surface area contributed by atoms with Gasteiger partial charge in [0.1, 0.15) is 11.6 Å². The summed E-state index contributed by atoms with van der Waals surface area (Å²) < 4.78 is 6.23. The van der Waals surface area contributed by atoms with Gasteiger partial charge in [0.2, 0.25) is 0 Å². The number of halogens is 1. The van der Waals surface area contributed by atoms with Gasteiger partial charge in [0.05, 0.1) is 7.11 Å². The lowest BCUT2D eigenvalue weighted by atomic mass is 10.1. The van der Waals surface area contributed by atoms with Crippen molar-refractivity contribution in [1.29, 1.82) is 0 Å². The first kappa shape index (κ1) is 13.9. The first-order valence-corrected chi connectivity index (χ1v) is 6.94. The first-order chi connectivity index (χ1) is 9.19. The van der Waals surface area contributed by atoms with Crippen LogP contribution in [0.15, 0.2) is 47.1 Å². The van der Waals surface area contributed by atoms with Crippen LogP contribution in [0.3, 0.4) is 0 Å². The molecule has 0 spiro atoms. The molecule has 0 saturated carbocycles. The summed E-state index contributed by atoms with van der Waals surface area (Å²) in [5.41, 5.74) is 1.27. The van der Waals surface area contributed by atoms with Crippen molar-refractivity contribution in [2.24, 2.45) is 0 Å². The molecule has 1 aromatic heterocycles. The van der Waals surface area contributed by atoms with Gasteiger partial charge in [-0.05, 0) is 52.2 Å². The number of aromatic nitrogens is 1. The Kier molecular flexibility index (Phi) is 4.80. The molecule has 0 bridgehead atoms. The third kappa shape index (κ3) is 3.96. The average Bonchev–Trinajstić information content (AvgIpc) is 2.46. The van der Waals surface area contributed by atoms with E-state index in [2.05, 4.69) is 45.0 Å². The molecule has 0 radical (unpaired) electrons. The third-order valence-corrected chi connectivity index (χ3v) is 3.44. The minimum absolute atomic E-state index is 0.905. The Hall–Kier alpha value is -1.55. The maximum Gasteiger partial charge on any atom is 0.128 e. The number of nitrogens with zero attached hydrogens (tertiary/aromatic N) is 2. The van der Waals surface area contributed by atoms with Gasteiger partial charge in [-0.25, -0.2) is 4.98 Å². The van der Waals surface area contributed by atoms with E-state index in [0.29, 0.717) is 0 Å². The molecule has 0 fully saturated rings. The second-order valence-corrected chi connectivity index (χ2v) is 5.27. The average molecular weight is 321 g/mol. The predicted octanol–water partition coefficient (Wildman–Crippen LogP) is 3.53. The highest BCUT2D eigenvalue weighted by Gasteiger charge is 2.03. The van der Waals surface area contributed by atoms with Crippen LogP contribution in [0.2, 0.25) is 0 Å².